The molecule has 0 bridgehead atoms. The van der Waals surface area contributed by atoms with Gasteiger partial charge >= 0.3 is 0 Å². The normalized spacial score (nSPS) is 26.5. The van der Waals surface area contributed by atoms with Crippen molar-refractivity contribution in [1.29, 1.82) is 0 Å². The molecule has 0 N–H and O–H groups in total. The fourth-order valence-corrected chi connectivity index (χ4v) is 4.48. The number of hydrogen-bond acceptors (Lipinski definition) is 5. The van der Waals surface area contributed by atoms with Gasteiger partial charge in [-0.3, -0.25) is 14.9 Å². The highest BCUT2D eigenvalue weighted by Crippen LogP contribution is 2.41. The van der Waals surface area contributed by atoms with Crippen LogP contribution in [0.4, 0.5) is 5.82 Å². The van der Waals surface area contributed by atoms with Crippen LogP contribution in [-0.2, 0) is 6.54 Å². The van der Waals surface area contributed by atoms with Gasteiger partial charge in [-0.25, -0.2) is 4.98 Å². The zero-order valence-corrected chi connectivity index (χ0v) is 14.5. The number of rotatable bonds is 4. The molecule has 1 aliphatic carbocycles. The molecule has 0 radical (unpaired) electrons. The SMILES string of the molecule is Cc1cccnc1CN1C[C@H]2CC[C@@H](N(C)c3cnccn3)[C@H]2C1. The Morgan fingerprint density at radius 2 is 2.08 bits per heavy atom. The standard InChI is InChI=1S/C19H25N5/c1-14-4-3-7-21-17(14)13-24-11-15-5-6-18(16(15)12-24)23(2)19-10-20-8-9-22-19/h3-4,7-10,15-16,18H,5-6,11-13H2,1-2H3/t15-,16+,18-/m1/s1. The smallest absolute Gasteiger partial charge is 0.147 e. The van der Waals surface area contributed by atoms with E-state index in [4.69, 9.17) is 0 Å². The van der Waals surface area contributed by atoms with Crippen LogP contribution in [0.25, 0.3) is 0 Å². The van der Waals surface area contributed by atoms with Gasteiger partial charge in [0.25, 0.3) is 0 Å². The van der Waals surface area contributed by atoms with Crippen molar-refractivity contribution in [3.05, 3.63) is 48.2 Å². The average Bonchev–Trinajstić information content (AvgIpc) is 3.17. The molecular weight excluding hydrogens is 298 g/mol. The molecule has 1 aliphatic heterocycles. The third-order valence-electron chi connectivity index (χ3n) is 5.79. The summed E-state index contributed by atoms with van der Waals surface area (Å²) in [6.07, 6.45) is 9.88. The minimum absolute atomic E-state index is 0.571. The van der Waals surface area contributed by atoms with Crippen LogP contribution in [0.15, 0.2) is 36.9 Å². The summed E-state index contributed by atoms with van der Waals surface area (Å²) in [4.78, 5) is 18.2. The first kappa shape index (κ1) is 15.5. The second kappa shape index (κ2) is 6.48. The third kappa shape index (κ3) is 2.88. The summed E-state index contributed by atoms with van der Waals surface area (Å²) in [5.74, 6) is 2.52. The van der Waals surface area contributed by atoms with Gasteiger partial charge in [-0.15, -0.1) is 0 Å². The van der Waals surface area contributed by atoms with Gasteiger partial charge in [0.2, 0.25) is 0 Å². The summed E-state index contributed by atoms with van der Waals surface area (Å²) in [6, 6.07) is 4.74. The number of aromatic nitrogens is 3. The Hall–Kier alpha value is -2.01. The second-order valence-corrected chi connectivity index (χ2v) is 7.20. The fraction of sp³-hybridized carbons (Fsp3) is 0.526. The van der Waals surface area contributed by atoms with E-state index in [0.717, 1.165) is 30.7 Å². The largest absolute Gasteiger partial charge is 0.355 e. The molecule has 2 aromatic heterocycles. The molecule has 3 atom stereocenters. The van der Waals surface area contributed by atoms with Crippen molar-refractivity contribution in [2.75, 3.05) is 25.0 Å². The molecule has 24 heavy (non-hydrogen) atoms. The molecule has 0 amide bonds. The van der Waals surface area contributed by atoms with Crippen LogP contribution in [-0.4, -0.2) is 46.0 Å². The van der Waals surface area contributed by atoms with Gasteiger partial charge in [0.15, 0.2) is 0 Å². The third-order valence-corrected chi connectivity index (χ3v) is 5.79. The topological polar surface area (TPSA) is 45.2 Å². The van der Waals surface area contributed by atoms with Gasteiger partial charge in [0, 0.05) is 51.3 Å². The minimum atomic E-state index is 0.571. The zero-order valence-electron chi connectivity index (χ0n) is 14.5. The molecule has 2 fully saturated rings. The lowest BCUT2D eigenvalue weighted by Crippen LogP contribution is -2.38. The van der Waals surface area contributed by atoms with E-state index in [-0.39, 0.29) is 0 Å². The van der Waals surface area contributed by atoms with E-state index in [1.807, 2.05) is 18.5 Å². The van der Waals surface area contributed by atoms with E-state index in [2.05, 4.69) is 44.8 Å². The van der Waals surface area contributed by atoms with Crippen LogP contribution in [0.1, 0.15) is 24.1 Å². The molecule has 3 heterocycles. The Labute approximate surface area is 143 Å². The molecule has 0 unspecified atom stereocenters. The minimum Gasteiger partial charge on any atom is -0.355 e. The summed E-state index contributed by atoms with van der Waals surface area (Å²) in [7, 11) is 2.17. The first-order valence-electron chi connectivity index (χ1n) is 8.84. The Bertz CT molecular complexity index is 689. The lowest BCUT2D eigenvalue weighted by atomic mass is 9.97. The number of aryl methyl sites for hydroxylation is 1. The Balaban J connectivity index is 1.44. The van der Waals surface area contributed by atoms with Gasteiger partial charge in [0.1, 0.15) is 5.82 Å². The van der Waals surface area contributed by atoms with Crippen LogP contribution in [0.3, 0.4) is 0 Å². The summed E-state index contributed by atoms with van der Waals surface area (Å²) >= 11 is 0. The summed E-state index contributed by atoms with van der Waals surface area (Å²) < 4.78 is 0. The molecular formula is C19H25N5. The van der Waals surface area contributed by atoms with Gasteiger partial charge in [0.05, 0.1) is 11.9 Å². The number of pyridine rings is 1. The van der Waals surface area contributed by atoms with Crippen molar-refractivity contribution >= 4 is 5.82 Å². The lowest BCUT2D eigenvalue weighted by molar-refractivity contribution is 0.293. The molecule has 4 rings (SSSR count). The van der Waals surface area contributed by atoms with Crippen molar-refractivity contribution < 1.29 is 0 Å². The quantitative estimate of drug-likeness (QED) is 0.865. The number of nitrogens with zero attached hydrogens (tertiary/aromatic N) is 5. The van der Waals surface area contributed by atoms with Crippen molar-refractivity contribution in [3.63, 3.8) is 0 Å². The molecule has 1 saturated heterocycles. The highest BCUT2D eigenvalue weighted by atomic mass is 15.2. The van der Waals surface area contributed by atoms with Crippen molar-refractivity contribution in [1.82, 2.24) is 19.9 Å². The zero-order chi connectivity index (χ0) is 16.5. The van der Waals surface area contributed by atoms with Gasteiger partial charge in [-0.2, -0.15) is 0 Å². The summed E-state index contributed by atoms with van der Waals surface area (Å²) in [5, 5.41) is 0. The van der Waals surface area contributed by atoms with E-state index in [0.29, 0.717) is 6.04 Å². The molecule has 2 aliphatic rings. The first-order valence-corrected chi connectivity index (χ1v) is 8.84. The lowest BCUT2D eigenvalue weighted by Gasteiger charge is -2.30. The maximum Gasteiger partial charge on any atom is 0.147 e. The fourth-order valence-electron chi connectivity index (χ4n) is 4.48. The van der Waals surface area contributed by atoms with Crippen molar-refractivity contribution in [2.45, 2.75) is 32.4 Å². The van der Waals surface area contributed by atoms with Crippen LogP contribution in [0, 0.1) is 18.8 Å². The highest BCUT2D eigenvalue weighted by molar-refractivity contribution is 5.36. The molecule has 1 saturated carbocycles. The monoisotopic (exact) mass is 323 g/mol. The Morgan fingerprint density at radius 1 is 1.17 bits per heavy atom. The van der Waals surface area contributed by atoms with E-state index < -0.39 is 0 Å². The van der Waals surface area contributed by atoms with Gasteiger partial charge in [-0.1, -0.05) is 6.07 Å². The van der Waals surface area contributed by atoms with Crippen LogP contribution < -0.4 is 4.90 Å². The number of hydrogen-bond donors (Lipinski definition) is 0. The van der Waals surface area contributed by atoms with E-state index in [1.54, 1.807) is 12.4 Å². The van der Waals surface area contributed by atoms with Gasteiger partial charge in [-0.05, 0) is 43.2 Å². The number of fused-ring (bicyclic) bond motifs is 1. The first-order chi connectivity index (χ1) is 11.7. The molecule has 0 aromatic carbocycles. The predicted molar refractivity (Wildman–Crippen MR) is 94.7 cm³/mol. The van der Waals surface area contributed by atoms with Crippen LogP contribution >= 0.6 is 0 Å². The van der Waals surface area contributed by atoms with E-state index in [9.17, 15) is 0 Å². The number of likely N-dealkylation sites (tertiary alicyclic amines) is 1. The molecule has 2 aromatic rings. The van der Waals surface area contributed by atoms with E-state index in [1.165, 1.54) is 30.6 Å². The van der Waals surface area contributed by atoms with Crippen LogP contribution in [0.5, 0.6) is 0 Å². The van der Waals surface area contributed by atoms with Crippen molar-refractivity contribution in [2.24, 2.45) is 11.8 Å². The number of anilines is 1. The Morgan fingerprint density at radius 3 is 2.88 bits per heavy atom. The predicted octanol–water partition coefficient (Wildman–Crippen LogP) is 2.53. The van der Waals surface area contributed by atoms with Crippen molar-refractivity contribution in [3.8, 4) is 0 Å². The average molecular weight is 323 g/mol. The maximum atomic E-state index is 4.57. The maximum absolute atomic E-state index is 4.57. The van der Waals surface area contributed by atoms with Crippen LogP contribution in [0.2, 0.25) is 0 Å². The van der Waals surface area contributed by atoms with Gasteiger partial charge < -0.3 is 4.90 Å². The van der Waals surface area contributed by atoms with E-state index >= 15 is 0 Å². The second-order valence-electron chi connectivity index (χ2n) is 7.20. The molecule has 126 valence electrons. The molecule has 5 heteroatoms. The molecule has 5 nitrogen and oxygen atoms in total. The highest BCUT2D eigenvalue weighted by Gasteiger charge is 2.44. The Kier molecular flexibility index (Phi) is 4.19. The molecule has 0 spiro atoms. The summed E-state index contributed by atoms with van der Waals surface area (Å²) in [6.45, 7) is 5.49. The summed E-state index contributed by atoms with van der Waals surface area (Å²) in [5.41, 5.74) is 2.51.